The van der Waals surface area contributed by atoms with Crippen molar-refractivity contribution in [3.8, 4) is 0 Å². The third-order valence-corrected chi connectivity index (χ3v) is 4.19. The summed E-state index contributed by atoms with van der Waals surface area (Å²) in [4.78, 5) is 3.65. The highest BCUT2D eigenvalue weighted by molar-refractivity contribution is 9.10. The second-order valence-electron chi connectivity index (χ2n) is 3.85. The summed E-state index contributed by atoms with van der Waals surface area (Å²) < 4.78 is 53.6. The van der Waals surface area contributed by atoms with Gasteiger partial charge in [0.2, 0.25) is 5.03 Å². The lowest BCUT2D eigenvalue weighted by molar-refractivity contribution is 0.580. The van der Waals surface area contributed by atoms with Crippen LogP contribution in [-0.2, 0) is 10.0 Å². The zero-order valence-electron chi connectivity index (χ0n) is 10.3. The van der Waals surface area contributed by atoms with Gasteiger partial charge in [0.25, 0.3) is 10.0 Å². The van der Waals surface area contributed by atoms with Crippen LogP contribution < -0.4 is 16.0 Å². The molecule has 0 aliphatic carbocycles. The van der Waals surface area contributed by atoms with Gasteiger partial charge in [-0.15, -0.1) is 0 Å². The van der Waals surface area contributed by atoms with Gasteiger partial charge in [0.15, 0.2) is 11.6 Å². The van der Waals surface area contributed by atoms with Crippen molar-refractivity contribution in [1.82, 2.24) is 4.98 Å². The number of halogens is 3. The monoisotopic (exact) mass is 378 g/mol. The molecule has 10 heteroatoms. The smallest absolute Gasteiger partial charge is 0.281 e. The zero-order chi connectivity index (χ0) is 15.6. The Bertz CT molecular complexity index is 763. The summed E-state index contributed by atoms with van der Waals surface area (Å²) in [7, 11) is -4.31. The lowest BCUT2D eigenvalue weighted by atomic mass is 10.3. The summed E-state index contributed by atoms with van der Waals surface area (Å²) in [5.74, 6) is 3.05. The number of anilines is 2. The molecule has 4 N–H and O–H groups in total. The molecule has 6 nitrogen and oxygen atoms in total. The Morgan fingerprint density at radius 2 is 1.86 bits per heavy atom. The van der Waals surface area contributed by atoms with Crippen molar-refractivity contribution in [2.45, 2.75) is 5.03 Å². The fraction of sp³-hybridized carbons (Fsp3) is 0. The molecular weight excluding hydrogens is 370 g/mol. The highest BCUT2D eigenvalue weighted by Gasteiger charge is 2.23. The summed E-state index contributed by atoms with van der Waals surface area (Å²) in [5.41, 5.74) is 1.34. The van der Waals surface area contributed by atoms with E-state index < -0.39 is 32.4 Å². The van der Waals surface area contributed by atoms with E-state index in [1.165, 1.54) is 18.3 Å². The minimum atomic E-state index is -4.31. The number of hydrogen-bond acceptors (Lipinski definition) is 5. The van der Waals surface area contributed by atoms with Crippen LogP contribution in [0, 0.1) is 11.6 Å². The maximum atomic E-state index is 13.7. The molecule has 0 amide bonds. The fourth-order valence-electron chi connectivity index (χ4n) is 1.54. The highest BCUT2D eigenvalue weighted by Crippen LogP contribution is 2.27. The van der Waals surface area contributed by atoms with Crippen molar-refractivity contribution in [3.63, 3.8) is 0 Å². The lowest BCUT2D eigenvalue weighted by Crippen LogP contribution is -2.20. The number of nitrogens with two attached hydrogens (primary N) is 1. The number of hydrogen-bond donors (Lipinski definition) is 3. The van der Waals surface area contributed by atoms with Crippen LogP contribution >= 0.6 is 15.9 Å². The van der Waals surface area contributed by atoms with Gasteiger partial charge in [0, 0.05) is 10.7 Å². The predicted molar refractivity (Wildman–Crippen MR) is 76.9 cm³/mol. The van der Waals surface area contributed by atoms with E-state index in [-0.39, 0.29) is 10.2 Å². The Labute approximate surface area is 127 Å². The largest absolute Gasteiger partial charge is 0.321 e. The van der Waals surface area contributed by atoms with E-state index >= 15 is 0 Å². The van der Waals surface area contributed by atoms with Gasteiger partial charge in [0.05, 0.1) is 5.69 Å². The Morgan fingerprint density at radius 3 is 2.43 bits per heavy atom. The molecule has 112 valence electrons. The number of pyridine rings is 1. The highest BCUT2D eigenvalue weighted by atomic mass is 79.9. The van der Waals surface area contributed by atoms with Crippen LogP contribution in [0.15, 0.2) is 40.0 Å². The molecule has 1 heterocycles. The van der Waals surface area contributed by atoms with Gasteiger partial charge in [-0.3, -0.25) is 10.6 Å². The molecular formula is C11H9BrF2N4O2S. The van der Waals surface area contributed by atoms with Crippen molar-refractivity contribution < 1.29 is 17.2 Å². The molecule has 1 aromatic heterocycles. The van der Waals surface area contributed by atoms with E-state index in [0.717, 1.165) is 12.1 Å². The summed E-state index contributed by atoms with van der Waals surface area (Å²) in [5, 5.41) is -0.478. The molecule has 0 radical (unpaired) electrons. The van der Waals surface area contributed by atoms with Crippen molar-refractivity contribution in [3.05, 3.63) is 46.6 Å². The van der Waals surface area contributed by atoms with E-state index in [1.807, 2.05) is 4.72 Å². The van der Waals surface area contributed by atoms with Crippen LogP contribution in [0.2, 0.25) is 0 Å². The molecule has 0 fully saturated rings. The van der Waals surface area contributed by atoms with E-state index in [0.29, 0.717) is 0 Å². The first kappa shape index (κ1) is 15.6. The molecule has 0 aliphatic rings. The van der Waals surface area contributed by atoms with Gasteiger partial charge in [0.1, 0.15) is 5.69 Å². The number of nitrogen functional groups attached to an aromatic ring is 1. The number of sulfonamides is 1. The lowest BCUT2D eigenvalue weighted by Gasteiger charge is -2.12. The number of nitrogens with zero attached hydrogens (tertiary/aromatic N) is 1. The fourth-order valence-corrected chi connectivity index (χ4v) is 3.12. The summed E-state index contributed by atoms with van der Waals surface area (Å²) in [6.07, 6.45) is 1.21. The van der Waals surface area contributed by atoms with Crippen LogP contribution in [0.4, 0.5) is 20.2 Å². The van der Waals surface area contributed by atoms with Gasteiger partial charge >= 0.3 is 0 Å². The minimum absolute atomic E-state index is 0.0112. The normalized spacial score (nSPS) is 11.2. The van der Waals surface area contributed by atoms with Gasteiger partial charge in [-0.25, -0.2) is 13.8 Å². The maximum Gasteiger partial charge on any atom is 0.281 e. The Balaban J connectivity index is 2.48. The summed E-state index contributed by atoms with van der Waals surface area (Å²) in [6.45, 7) is 0. The molecule has 21 heavy (non-hydrogen) atoms. The minimum Gasteiger partial charge on any atom is -0.321 e. The van der Waals surface area contributed by atoms with Gasteiger partial charge in [-0.05, 0) is 24.3 Å². The summed E-state index contributed by atoms with van der Waals surface area (Å²) in [6, 6.07) is 4.67. The van der Waals surface area contributed by atoms with Crippen LogP contribution in [0.5, 0.6) is 0 Å². The van der Waals surface area contributed by atoms with Gasteiger partial charge in [-0.2, -0.15) is 8.42 Å². The molecule has 0 aliphatic heterocycles. The molecule has 1 aromatic carbocycles. The standard InChI is InChI=1S/C11H9BrF2N4O2S/c12-6-4-7(13)10(8(14)5-6)18-21(19,20)11-9(17-15)2-1-3-16-11/h1-5,17-18H,15H2. The maximum absolute atomic E-state index is 13.7. The third-order valence-electron chi connectivity index (χ3n) is 2.42. The molecule has 0 unspecified atom stereocenters. The van der Waals surface area contributed by atoms with Crippen LogP contribution in [-0.4, -0.2) is 13.4 Å². The molecule has 2 aromatic rings. The van der Waals surface area contributed by atoms with E-state index in [2.05, 4.69) is 26.3 Å². The molecule has 0 saturated heterocycles. The number of rotatable bonds is 4. The van der Waals surface area contributed by atoms with Crippen LogP contribution in [0.25, 0.3) is 0 Å². The predicted octanol–water partition coefficient (Wildman–Crippen LogP) is 2.21. The molecule has 0 bridgehead atoms. The van der Waals surface area contributed by atoms with Crippen LogP contribution in [0.1, 0.15) is 0 Å². The molecule has 0 atom stereocenters. The van der Waals surface area contributed by atoms with Crippen molar-refractivity contribution >= 4 is 37.3 Å². The first-order valence-corrected chi connectivity index (χ1v) is 7.72. The Hall–Kier alpha value is -1.78. The molecule has 2 rings (SSSR count). The van der Waals surface area contributed by atoms with Crippen molar-refractivity contribution in [1.29, 1.82) is 0 Å². The van der Waals surface area contributed by atoms with Gasteiger partial charge < -0.3 is 5.43 Å². The number of nitrogens with one attached hydrogen (secondary N) is 2. The van der Waals surface area contributed by atoms with E-state index in [4.69, 9.17) is 5.84 Å². The van der Waals surface area contributed by atoms with Crippen LogP contribution in [0.3, 0.4) is 0 Å². The first-order valence-electron chi connectivity index (χ1n) is 5.44. The van der Waals surface area contributed by atoms with E-state index in [9.17, 15) is 17.2 Å². The summed E-state index contributed by atoms with van der Waals surface area (Å²) >= 11 is 2.90. The van der Waals surface area contributed by atoms with Gasteiger partial charge in [-0.1, -0.05) is 15.9 Å². The third kappa shape index (κ3) is 3.28. The molecule has 0 saturated carbocycles. The van der Waals surface area contributed by atoms with Crippen molar-refractivity contribution in [2.75, 3.05) is 10.1 Å². The second-order valence-corrected chi connectivity index (χ2v) is 6.36. The quantitative estimate of drug-likeness (QED) is 0.559. The average molecular weight is 379 g/mol. The Morgan fingerprint density at radius 1 is 1.24 bits per heavy atom. The number of hydrazine groups is 1. The average Bonchev–Trinajstić information content (AvgIpc) is 2.43. The number of benzene rings is 1. The Kier molecular flexibility index (Phi) is 4.40. The zero-order valence-corrected chi connectivity index (χ0v) is 12.7. The van der Waals surface area contributed by atoms with E-state index in [1.54, 1.807) is 0 Å². The molecule has 0 spiro atoms. The topological polar surface area (TPSA) is 97.1 Å². The van der Waals surface area contributed by atoms with Crippen molar-refractivity contribution in [2.24, 2.45) is 5.84 Å². The number of aromatic nitrogens is 1. The first-order chi connectivity index (χ1) is 9.85. The second kappa shape index (κ2) is 5.92. The SMILES string of the molecule is NNc1cccnc1S(=O)(=O)Nc1c(F)cc(Br)cc1F.